The second-order valence-electron chi connectivity index (χ2n) is 5.08. The van der Waals surface area contributed by atoms with Gasteiger partial charge in [0.05, 0.1) is 0 Å². The molecular formula is C17H21NO. The number of carbonyl (C=O) groups is 1. The first-order chi connectivity index (χ1) is 9.31. The molecule has 3 rings (SSSR count). The van der Waals surface area contributed by atoms with E-state index in [4.69, 9.17) is 5.73 Å². The summed E-state index contributed by atoms with van der Waals surface area (Å²) in [4.78, 5) is 10.6. The van der Waals surface area contributed by atoms with E-state index in [2.05, 4.69) is 0 Å². The summed E-state index contributed by atoms with van der Waals surface area (Å²) in [7, 11) is 0. The minimum Gasteiger partial charge on any atom is -0.328 e. The van der Waals surface area contributed by atoms with Gasteiger partial charge in [0.15, 0.2) is 6.29 Å². The molecule has 0 bridgehead atoms. The summed E-state index contributed by atoms with van der Waals surface area (Å²) in [5, 5.41) is 2.14. The zero-order chi connectivity index (χ0) is 13.5. The summed E-state index contributed by atoms with van der Waals surface area (Å²) in [6, 6.07) is 14.1. The van der Waals surface area contributed by atoms with Gasteiger partial charge in [0.25, 0.3) is 0 Å². The highest BCUT2D eigenvalue weighted by Crippen LogP contribution is 2.16. The Bertz CT molecular complexity index is 524. The number of hydrogen-bond acceptors (Lipinski definition) is 2. The fourth-order valence-corrected chi connectivity index (χ4v) is 2.49. The molecule has 0 spiro atoms. The lowest BCUT2D eigenvalue weighted by molar-refractivity contribution is 0.112. The quantitative estimate of drug-likeness (QED) is 0.784. The molecule has 1 aliphatic carbocycles. The van der Waals surface area contributed by atoms with E-state index in [9.17, 15) is 4.79 Å². The van der Waals surface area contributed by atoms with Crippen molar-refractivity contribution >= 4 is 17.1 Å². The maximum atomic E-state index is 10.6. The molecule has 1 aliphatic rings. The van der Waals surface area contributed by atoms with E-state index in [0.717, 1.165) is 22.6 Å². The van der Waals surface area contributed by atoms with Gasteiger partial charge >= 0.3 is 0 Å². The van der Waals surface area contributed by atoms with Crippen molar-refractivity contribution in [2.24, 2.45) is 5.73 Å². The number of aldehydes is 1. The summed E-state index contributed by atoms with van der Waals surface area (Å²) < 4.78 is 0. The topological polar surface area (TPSA) is 43.1 Å². The molecule has 0 unspecified atom stereocenters. The van der Waals surface area contributed by atoms with E-state index >= 15 is 0 Å². The molecule has 2 heteroatoms. The first kappa shape index (κ1) is 13.8. The summed E-state index contributed by atoms with van der Waals surface area (Å²) in [6.45, 7) is 0. The highest BCUT2D eigenvalue weighted by Gasteiger charge is 2.06. The van der Waals surface area contributed by atoms with E-state index in [1.54, 1.807) is 0 Å². The minimum absolute atomic E-state index is 0.536. The van der Waals surface area contributed by atoms with Crippen molar-refractivity contribution in [2.45, 2.75) is 38.1 Å². The fraction of sp³-hybridized carbons (Fsp3) is 0.353. The molecule has 0 heterocycles. The molecule has 0 aliphatic heterocycles. The molecule has 0 radical (unpaired) electrons. The lowest BCUT2D eigenvalue weighted by Crippen LogP contribution is -2.22. The second kappa shape index (κ2) is 7.05. The van der Waals surface area contributed by atoms with Gasteiger partial charge in [0.2, 0.25) is 0 Å². The van der Waals surface area contributed by atoms with Gasteiger partial charge in [-0.3, -0.25) is 4.79 Å². The van der Waals surface area contributed by atoms with Gasteiger partial charge in [0.1, 0.15) is 0 Å². The monoisotopic (exact) mass is 255 g/mol. The molecule has 1 saturated carbocycles. The minimum atomic E-state index is 0.536. The standard InChI is InChI=1S/C11H8O.C6H13N/c12-8-10-6-3-5-9-4-1-2-7-11(9)10;7-6-4-2-1-3-5-6/h1-8H;6H,1-5,7H2. The summed E-state index contributed by atoms with van der Waals surface area (Å²) in [5.74, 6) is 0. The molecule has 2 nitrogen and oxygen atoms in total. The molecule has 1 fully saturated rings. The molecule has 2 aromatic carbocycles. The third-order valence-corrected chi connectivity index (χ3v) is 3.60. The Morgan fingerprint density at radius 2 is 1.63 bits per heavy atom. The SMILES string of the molecule is NC1CCCCC1.O=Cc1cccc2ccccc12. The largest absolute Gasteiger partial charge is 0.328 e. The van der Waals surface area contributed by atoms with Gasteiger partial charge in [-0.15, -0.1) is 0 Å². The second-order valence-corrected chi connectivity index (χ2v) is 5.08. The van der Waals surface area contributed by atoms with E-state index in [-0.39, 0.29) is 0 Å². The van der Waals surface area contributed by atoms with Crippen LogP contribution in [0.15, 0.2) is 42.5 Å². The van der Waals surface area contributed by atoms with Crippen LogP contribution in [0, 0.1) is 0 Å². The van der Waals surface area contributed by atoms with Crippen LogP contribution in [0.3, 0.4) is 0 Å². The zero-order valence-electron chi connectivity index (χ0n) is 11.2. The van der Waals surface area contributed by atoms with Crippen molar-refractivity contribution in [3.8, 4) is 0 Å². The molecule has 0 amide bonds. The predicted octanol–water partition coefficient (Wildman–Crippen LogP) is 3.93. The first-order valence-corrected chi connectivity index (χ1v) is 7.00. The van der Waals surface area contributed by atoms with Crippen LogP contribution in [0.4, 0.5) is 0 Å². The Hall–Kier alpha value is -1.67. The Kier molecular flexibility index (Phi) is 5.10. The normalized spacial score (nSPS) is 15.6. The van der Waals surface area contributed by atoms with Crippen LogP contribution in [0.5, 0.6) is 0 Å². The highest BCUT2D eigenvalue weighted by molar-refractivity contribution is 5.97. The predicted molar refractivity (Wildman–Crippen MR) is 80.4 cm³/mol. The highest BCUT2D eigenvalue weighted by atomic mass is 16.1. The van der Waals surface area contributed by atoms with Gasteiger partial charge in [-0.2, -0.15) is 0 Å². The number of carbonyl (C=O) groups excluding carboxylic acids is 1. The summed E-state index contributed by atoms with van der Waals surface area (Å²) in [6.07, 6.45) is 7.55. The zero-order valence-corrected chi connectivity index (χ0v) is 11.2. The van der Waals surface area contributed by atoms with Crippen LogP contribution >= 0.6 is 0 Å². The van der Waals surface area contributed by atoms with E-state index < -0.39 is 0 Å². The molecule has 0 aromatic heterocycles. The first-order valence-electron chi connectivity index (χ1n) is 7.00. The molecule has 0 atom stereocenters. The van der Waals surface area contributed by atoms with E-state index in [1.807, 2.05) is 42.5 Å². The Labute approximate surface area is 114 Å². The van der Waals surface area contributed by atoms with Crippen molar-refractivity contribution in [1.29, 1.82) is 0 Å². The van der Waals surface area contributed by atoms with Gasteiger partial charge in [-0.25, -0.2) is 0 Å². The number of hydrogen-bond donors (Lipinski definition) is 1. The average Bonchev–Trinajstić information content (AvgIpc) is 2.48. The van der Waals surface area contributed by atoms with Crippen LogP contribution in [0.2, 0.25) is 0 Å². The van der Waals surface area contributed by atoms with Crippen LogP contribution in [0.1, 0.15) is 42.5 Å². The van der Waals surface area contributed by atoms with Crippen LogP contribution in [0.25, 0.3) is 10.8 Å². The molecule has 0 saturated heterocycles. The van der Waals surface area contributed by atoms with Crippen molar-refractivity contribution in [2.75, 3.05) is 0 Å². The number of nitrogens with two attached hydrogens (primary N) is 1. The maximum absolute atomic E-state index is 10.6. The van der Waals surface area contributed by atoms with Gasteiger partial charge in [-0.1, -0.05) is 61.7 Å². The third kappa shape index (κ3) is 3.90. The molecule has 2 N–H and O–H groups in total. The Balaban J connectivity index is 0.000000163. The number of rotatable bonds is 1. The molecule has 19 heavy (non-hydrogen) atoms. The number of benzene rings is 2. The van der Waals surface area contributed by atoms with Gasteiger partial charge < -0.3 is 5.73 Å². The van der Waals surface area contributed by atoms with Crippen molar-refractivity contribution in [1.82, 2.24) is 0 Å². The van der Waals surface area contributed by atoms with Crippen molar-refractivity contribution in [3.63, 3.8) is 0 Å². The average molecular weight is 255 g/mol. The molecule has 2 aromatic rings. The molecule has 100 valence electrons. The number of fused-ring (bicyclic) bond motifs is 1. The van der Waals surface area contributed by atoms with Crippen molar-refractivity contribution < 1.29 is 4.79 Å². The Morgan fingerprint density at radius 3 is 2.26 bits per heavy atom. The summed E-state index contributed by atoms with van der Waals surface area (Å²) in [5.41, 5.74) is 6.39. The smallest absolute Gasteiger partial charge is 0.150 e. The van der Waals surface area contributed by atoms with Crippen LogP contribution in [-0.4, -0.2) is 12.3 Å². The lowest BCUT2D eigenvalue weighted by Gasteiger charge is -2.15. The van der Waals surface area contributed by atoms with Gasteiger partial charge in [-0.05, 0) is 23.6 Å². The van der Waals surface area contributed by atoms with Gasteiger partial charge in [0, 0.05) is 11.6 Å². The van der Waals surface area contributed by atoms with Crippen molar-refractivity contribution in [3.05, 3.63) is 48.0 Å². The van der Waals surface area contributed by atoms with Crippen LogP contribution < -0.4 is 5.73 Å². The third-order valence-electron chi connectivity index (χ3n) is 3.60. The summed E-state index contributed by atoms with van der Waals surface area (Å²) >= 11 is 0. The van der Waals surface area contributed by atoms with Crippen LogP contribution in [-0.2, 0) is 0 Å². The fourth-order valence-electron chi connectivity index (χ4n) is 2.49. The molecular weight excluding hydrogens is 234 g/mol. The maximum Gasteiger partial charge on any atom is 0.150 e. The Morgan fingerprint density at radius 1 is 0.947 bits per heavy atom. The van der Waals surface area contributed by atoms with E-state index in [1.165, 1.54) is 32.1 Å². The lowest BCUT2D eigenvalue weighted by atomic mass is 9.97. The van der Waals surface area contributed by atoms with E-state index in [0.29, 0.717) is 6.04 Å².